The highest BCUT2D eigenvalue weighted by Gasteiger charge is 2.30. The molecule has 2 aromatic heterocycles. The summed E-state index contributed by atoms with van der Waals surface area (Å²) in [5, 5.41) is 10.8. The van der Waals surface area contributed by atoms with Crippen LogP contribution in [-0.4, -0.2) is 67.8 Å². The van der Waals surface area contributed by atoms with E-state index in [0.717, 1.165) is 31.8 Å². The van der Waals surface area contributed by atoms with Crippen LogP contribution in [0.5, 0.6) is 0 Å². The molecule has 218 valence electrons. The summed E-state index contributed by atoms with van der Waals surface area (Å²) < 4.78 is 39.8. The van der Waals surface area contributed by atoms with Crippen molar-refractivity contribution in [3.63, 3.8) is 0 Å². The summed E-state index contributed by atoms with van der Waals surface area (Å²) >= 11 is 0. The molecule has 12 heteroatoms. The van der Waals surface area contributed by atoms with E-state index in [-0.39, 0.29) is 23.8 Å². The molecular formula is C30H30F3N7O2. The third kappa shape index (κ3) is 6.82. The van der Waals surface area contributed by atoms with E-state index in [1.807, 2.05) is 4.90 Å². The molecule has 2 aromatic carbocycles. The van der Waals surface area contributed by atoms with Gasteiger partial charge in [0.25, 0.3) is 11.8 Å². The Morgan fingerprint density at radius 3 is 2.14 bits per heavy atom. The molecule has 1 fully saturated rings. The largest absolute Gasteiger partial charge is 0.416 e. The first-order valence-electron chi connectivity index (χ1n) is 13.5. The first kappa shape index (κ1) is 28.9. The van der Waals surface area contributed by atoms with Gasteiger partial charge in [0.15, 0.2) is 0 Å². The van der Waals surface area contributed by atoms with E-state index < -0.39 is 17.6 Å². The second kappa shape index (κ2) is 12.1. The molecule has 42 heavy (non-hydrogen) atoms. The monoisotopic (exact) mass is 577 g/mol. The van der Waals surface area contributed by atoms with Gasteiger partial charge in [-0.15, -0.1) is 5.10 Å². The van der Waals surface area contributed by atoms with E-state index in [0.29, 0.717) is 30.0 Å². The Balaban J connectivity index is 1.18. The maximum absolute atomic E-state index is 13.5. The molecule has 1 aliphatic heterocycles. The Morgan fingerprint density at radius 2 is 1.52 bits per heavy atom. The number of hydrogen-bond acceptors (Lipinski definition) is 6. The van der Waals surface area contributed by atoms with Crippen LogP contribution < -0.4 is 5.32 Å². The van der Waals surface area contributed by atoms with Crippen LogP contribution in [0.1, 0.15) is 48.9 Å². The third-order valence-corrected chi connectivity index (χ3v) is 7.15. The first-order valence-corrected chi connectivity index (χ1v) is 13.5. The Kier molecular flexibility index (Phi) is 8.34. The van der Waals surface area contributed by atoms with E-state index in [1.165, 1.54) is 40.2 Å². The summed E-state index contributed by atoms with van der Waals surface area (Å²) in [7, 11) is 0. The Bertz CT molecular complexity index is 1540. The molecule has 0 saturated carbocycles. The minimum absolute atomic E-state index is 0.0910. The summed E-state index contributed by atoms with van der Waals surface area (Å²) in [6.07, 6.45) is -2.96. The number of piperazine rings is 1. The van der Waals surface area contributed by atoms with E-state index >= 15 is 0 Å². The van der Waals surface area contributed by atoms with Gasteiger partial charge in [0.2, 0.25) is 0 Å². The highest BCUT2D eigenvalue weighted by molar-refractivity contribution is 6.02. The van der Waals surface area contributed by atoms with Crippen LogP contribution >= 0.6 is 0 Å². The van der Waals surface area contributed by atoms with Crippen LogP contribution in [0.3, 0.4) is 0 Å². The van der Waals surface area contributed by atoms with Crippen molar-refractivity contribution in [2.45, 2.75) is 33.1 Å². The fraction of sp³-hybridized carbons (Fsp3) is 0.300. The number of pyridine rings is 1. The number of halogens is 3. The van der Waals surface area contributed by atoms with Gasteiger partial charge in [-0.25, -0.2) is 4.68 Å². The van der Waals surface area contributed by atoms with Crippen molar-refractivity contribution in [3.8, 4) is 0 Å². The van der Waals surface area contributed by atoms with Crippen LogP contribution in [0.25, 0.3) is 0 Å². The number of alkyl halides is 3. The standard InChI is InChI=1S/C30H30F3N7O2/c1-20-3-5-22(6-4-20)18-38-13-15-39(16-14-38)29(42)27-21(2)36-37-40(27)19-23-7-12-26(34-17-23)28(41)35-25-10-8-24(9-11-25)30(31,32)33/h3-12,17H,13-16,18-19H2,1-2H3,(H,35,41). The van der Waals surface area contributed by atoms with Crippen LogP contribution in [0, 0.1) is 13.8 Å². The van der Waals surface area contributed by atoms with Crippen LogP contribution in [-0.2, 0) is 19.3 Å². The van der Waals surface area contributed by atoms with Gasteiger partial charge in [0.05, 0.1) is 17.8 Å². The number of amides is 2. The maximum atomic E-state index is 13.5. The number of aromatic nitrogens is 4. The van der Waals surface area contributed by atoms with Gasteiger partial charge in [-0.2, -0.15) is 13.2 Å². The number of nitrogens with zero attached hydrogens (tertiary/aromatic N) is 6. The number of aryl methyl sites for hydroxylation is 2. The second-order valence-electron chi connectivity index (χ2n) is 10.3. The van der Waals surface area contributed by atoms with Crippen molar-refractivity contribution < 1.29 is 22.8 Å². The summed E-state index contributed by atoms with van der Waals surface area (Å²) in [6, 6.07) is 15.8. The summed E-state index contributed by atoms with van der Waals surface area (Å²) in [5.74, 6) is -0.691. The van der Waals surface area contributed by atoms with Crippen molar-refractivity contribution in [1.82, 2.24) is 29.8 Å². The zero-order valence-corrected chi connectivity index (χ0v) is 23.2. The van der Waals surface area contributed by atoms with Gasteiger partial charge in [0, 0.05) is 44.6 Å². The van der Waals surface area contributed by atoms with Crippen molar-refractivity contribution in [1.29, 1.82) is 0 Å². The van der Waals surface area contributed by atoms with Crippen molar-refractivity contribution in [2.75, 3.05) is 31.5 Å². The molecule has 2 amide bonds. The van der Waals surface area contributed by atoms with E-state index in [4.69, 9.17) is 0 Å². The average Bonchev–Trinajstić information content (AvgIpc) is 3.33. The molecule has 5 rings (SSSR count). The highest BCUT2D eigenvalue weighted by Crippen LogP contribution is 2.30. The van der Waals surface area contributed by atoms with Gasteiger partial charge in [0.1, 0.15) is 11.4 Å². The SMILES string of the molecule is Cc1ccc(CN2CCN(C(=O)c3c(C)nnn3Cc3ccc(C(=O)Nc4ccc(C(F)(F)F)cc4)nc3)CC2)cc1. The maximum Gasteiger partial charge on any atom is 0.416 e. The van der Waals surface area contributed by atoms with Crippen LogP contribution in [0.4, 0.5) is 18.9 Å². The van der Waals surface area contributed by atoms with Crippen LogP contribution in [0.15, 0.2) is 66.9 Å². The van der Waals surface area contributed by atoms with E-state index in [9.17, 15) is 22.8 Å². The zero-order chi connectivity index (χ0) is 29.9. The smallest absolute Gasteiger partial charge is 0.335 e. The number of nitrogens with one attached hydrogen (secondary N) is 1. The fourth-order valence-corrected chi connectivity index (χ4v) is 4.75. The Morgan fingerprint density at radius 1 is 0.857 bits per heavy atom. The second-order valence-corrected chi connectivity index (χ2v) is 10.3. The first-order chi connectivity index (χ1) is 20.1. The number of rotatable bonds is 7. The topological polar surface area (TPSA) is 96.2 Å². The normalized spacial score (nSPS) is 14.2. The molecule has 3 heterocycles. The predicted octanol–water partition coefficient (Wildman–Crippen LogP) is 4.57. The van der Waals surface area contributed by atoms with Crippen molar-refractivity contribution in [3.05, 3.63) is 106 Å². The minimum Gasteiger partial charge on any atom is -0.335 e. The molecule has 0 atom stereocenters. The van der Waals surface area contributed by atoms with Gasteiger partial charge >= 0.3 is 6.18 Å². The molecule has 0 spiro atoms. The number of hydrogen-bond donors (Lipinski definition) is 1. The molecule has 4 aromatic rings. The highest BCUT2D eigenvalue weighted by atomic mass is 19.4. The lowest BCUT2D eigenvalue weighted by Gasteiger charge is -2.34. The van der Waals surface area contributed by atoms with Crippen LogP contribution in [0.2, 0.25) is 0 Å². The number of carbonyl (C=O) groups is 2. The Labute approximate surface area is 241 Å². The van der Waals surface area contributed by atoms with Gasteiger partial charge in [-0.3, -0.25) is 19.5 Å². The average molecular weight is 578 g/mol. The van der Waals surface area contributed by atoms with Gasteiger partial charge in [-0.1, -0.05) is 41.1 Å². The fourth-order valence-electron chi connectivity index (χ4n) is 4.75. The van der Waals surface area contributed by atoms with Crippen molar-refractivity contribution in [2.24, 2.45) is 0 Å². The lowest BCUT2D eigenvalue weighted by atomic mass is 10.1. The quantitative estimate of drug-likeness (QED) is 0.346. The molecule has 0 bridgehead atoms. The summed E-state index contributed by atoms with van der Waals surface area (Å²) in [6.45, 7) is 7.60. The summed E-state index contributed by atoms with van der Waals surface area (Å²) in [5.41, 5.74) is 3.62. The number of anilines is 1. The molecule has 1 saturated heterocycles. The molecular weight excluding hydrogens is 547 g/mol. The molecule has 0 unspecified atom stereocenters. The lowest BCUT2D eigenvalue weighted by Crippen LogP contribution is -2.48. The molecule has 9 nitrogen and oxygen atoms in total. The third-order valence-electron chi connectivity index (χ3n) is 7.15. The molecule has 0 radical (unpaired) electrons. The van der Waals surface area contributed by atoms with E-state index in [1.54, 1.807) is 13.0 Å². The molecule has 1 aliphatic rings. The molecule has 1 N–H and O–H groups in total. The zero-order valence-electron chi connectivity index (χ0n) is 23.2. The summed E-state index contributed by atoms with van der Waals surface area (Å²) in [4.78, 5) is 34.4. The number of carbonyl (C=O) groups excluding carboxylic acids is 2. The van der Waals surface area contributed by atoms with Crippen molar-refractivity contribution >= 4 is 17.5 Å². The molecule has 0 aliphatic carbocycles. The van der Waals surface area contributed by atoms with E-state index in [2.05, 4.69) is 56.7 Å². The minimum atomic E-state index is -4.45. The Hall–Kier alpha value is -4.58. The van der Waals surface area contributed by atoms with Gasteiger partial charge in [-0.05, 0) is 55.3 Å². The number of benzene rings is 2. The lowest BCUT2D eigenvalue weighted by molar-refractivity contribution is -0.137. The predicted molar refractivity (Wildman–Crippen MR) is 150 cm³/mol. The van der Waals surface area contributed by atoms with Gasteiger partial charge < -0.3 is 10.2 Å².